The van der Waals surface area contributed by atoms with Crippen molar-refractivity contribution in [2.45, 2.75) is 44.7 Å². The minimum absolute atomic E-state index is 0.00229. The Morgan fingerprint density at radius 3 is 2.70 bits per heavy atom. The van der Waals surface area contributed by atoms with Gasteiger partial charge in [-0.05, 0) is 61.9 Å². The average Bonchev–Trinajstić information content (AvgIpc) is 3.61. The number of nitrogens with zero attached hydrogens (tertiary/aromatic N) is 5. The number of nitrogens with one attached hydrogen (secondary N) is 1. The molecular weight excluding hydrogens is 575 g/mol. The van der Waals surface area contributed by atoms with Gasteiger partial charge in [0.25, 0.3) is 0 Å². The number of benzene rings is 1. The molecule has 1 amide bonds. The number of anilines is 1. The molecule has 0 bridgehead atoms. The zero-order valence-electron chi connectivity index (χ0n) is 22.2. The fraction of sp³-hybridized carbons (Fsp3) is 0.370. The molecule has 40 heavy (non-hydrogen) atoms. The maximum absolute atomic E-state index is 13.7. The van der Waals surface area contributed by atoms with Gasteiger partial charge in [0.2, 0.25) is 5.91 Å². The van der Waals surface area contributed by atoms with Crippen molar-refractivity contribution in [3.63, 3.8) is 0 Å². The van der Waals surface area contributed by atoms with Crippen LogP contribution < -0.4 is 5.32 Å². The number of hydrogen-bond acceptors (Lipinski definition) is 8. The first-order chi connectivity index (χ1) is 19.3. The second-order valence-corrected chi connectivity index (χ2v) is 11.9. The molecule has 5 rings (SSSR count). The van der Waals surface area contributed by atoms with Crippen LogP contribution in [0.25, 0.3) is 17.2 Å². The molecule has 13 heteroatoms. The Morgan fingerprint density at radius 1 is 1.25 bits per heavy atom. The maximum Gasteiger partial charge on any atom is 0.341 e. The number of halogens is 2. The summed E-state index contributed by atoms with van der Waals surface area (Å²) in [5, 5.41) is 17.2. The highest BCUT2D eigenvalue weighted by Gasteiger charge is 2.30. The van der Waals surface area contributed by atoms with Crippen molar-refractivity contribution in [1.82, 2.24) is 24.5 Å². The molecule has 0 spiro atoms. The third-order valence-electron chi connectivity index (χ3n) is 6.72. The lowest BCUT2D eigenvalue weighted by Gasteiger charge is -2.20. The van der Waals surface area contributed by atoms with E-state index in [1.165, 1.54) is 23.5 Å². The molecule has 4 aromatic rings. The van der Waals surface area contributed by atoms with Crippen LogP contribution in [0.15, 0.2) is 35.6 Å². The molecule has 0 saturated carbocycles. The third kappa shape index (κ3) is 5.79. The highest BCUT2D eigenvalue weighted by atomic mass is 35.5. The van der Waals surface area contributed by atoms with Gasteiger partial charge in [0.1, 0.15) is 16.5 Å². The van der Waals surface area contributed by atoms with Crippen LogP contribution in [0.1, 0.15) is 47.5 Å². The first-order valence-corrected chi connectivity index (χ1v) is 15.1. The zero-order chi connectivity index (χ0) is 28.4. The van der Waals surface area contributed by atoms with E-state index < -0.39 is 5.97 Å². The van der Waals surface area contributed by atoms with E-state index in [0.717, 1.165) is 47.9 Å². The number of thiophene rings is 1. The summed E-state index contributed by atoms with van der Waals surface area (Å²) in [5.74, 6) is -0.166. The topological polar surface area (TPSA) is 104 Å². The van der Waals surface area contributed by atoms with Gasteiger partial charge in [-0.2, -0.15) is 5.10 Å². The van der Waals surface area contributed by atoms with Crippen molar-refractivity contribution in [2.75, 3.05) is 17.7 Å². The van der Waals surface area contributed by atoms with Crippen LogP contribution in [-0.2, 0) is 29.4 Å². The molecular formula is C27H28ClFN6O3S2. The van der Waals surface area contributed by atoms with Gasteiger partial charge in [-0.25, -0.2) is 9.18 Å². The zero-order valence-corrected chi connectivity index (χ0v) is 24.6. The Labute approximate surface area is 244 Å². The molecule has 1 atom stereocenters. The molecule has 1 aromatic carbocycles. The Morgan fingerprint density at radius 2 is 2.02 bits per heavy atom. The predicted molar refractivity (Wildman–Crippen MR) is 154 cm³/mol. The summed E-state index contributed by atoms with van der Waals surface area (Å²) < 4.78 is 22.3. The number of thioether (sulfide) groups is 1. The van der Waals surface area contributed by atoms with Gasteiger partial charge in [-0.15, -0.1) is 21.5 Å². The number of esters is 1. The van der Waals surface area contributed by atoms with Crippen molar-refractivity contribution in [2.24, 2.45) is 13.0 Å². The number of fused-ring (bicyclic) bond motifs is 1. The van der Waals surface area contributed by atoms with Gasteiger partial charge in [-0.3, -0.25) is 14.0 Å². The maximum atomic E-state index is 13.7. The van der Waals surface area contributed by atoms with Crippen LogP contribution in [0, 0.1) is 11.7 Å². The monoisotopic (exact) mass is 602 g/mol. The Kier molecular flexibility index (Phi) is 8.57. The summed E-state index contributed by atoms with van der Waals surface area (Å²) in [6.45, 7) is 4.20. The molecule has 0 fully saturated rings. The van der Waals surface area contributed by atoms with E-state index in [0.29, 0.717) is 43.9 Å². The van der Waals surface area contributed by atoms with Gasteiger partial charge in [0, 0.05) is 23.8 Å². The van der Waals surface area contributed by atoms with Crippen LogP contribution in [0.3, 0.4) is 0 Å². The lowest BCUT2D eigenvalue weighted by Crippen LogP contribution is -2.18. The van der Waals surface area contributed by atoms with Crippen molar-refractivity contribution >= 4 is 51.6 Å². The quantitative estimate of drug-likeness (QED) is 0.187. The SMILES string of the molecule is CCOC(=O)c1c(NC(=O)CSc2nnc(-c3nn(C)cc3Cl)n2-c2ccc(F)cc2)sc2c1CC[C@@H](CC)C2. The van der Waals surface area contributed by atoms with E-state index in [1.54, 1.807) is 41.5 Å². The first kappa shape index (κ1) is 28.3. The van der Waals surface area contributed by atoms with E-state index in [-0.39, 0.29) is 24.1 Å². The number of aryl methyl sites for hydroxylation is 1. The minimum Gasteiger partial charge on any atom is -0.462 e. The summed E-state index contributed by atoms with van der Waals surface area (Å²) in [7, 11) is 1.74. The predicted octanol–water partition coefficient (Wildman–Crippen LogP) is 5.94. The van der Waals surface area contributed by atoms with E-state index in [1.807, 2.05) is 0 Å². The fourth-order valence-corrected chi connectivity index (χ4v) is 7.14. The summed E-state index contributed by atoms with van der Waals surface area (Å²) in [5.41, 5.74) is 2.46. The number of rotatable bonds is 9. The average molecular weight is 603 g/mol. The molecule has 0 radical (unpaired) electrons. The van der Waals surface area contributed by atoms with E-state index in [2.05, 4.69) is 27.5 Å². The van der Waals surface area contributed by atoms with E-state index in [4.69, 9.17) is 16.3 Å². The number of aromatic nitrogens is 5. The van der Waals surface area contributed by atoms with Crippen molar-refractivity contribution in [3.8, 4) is 17.2 Å². The minimum atomic E-state index is -0.411. The van der Waals surface area contributed by atoms with Crippen molar-refractivity contribution in [3.05, 3.63) is 57.3 Å². The molecule has 3 heterocycles. The Hall–Kier alpha value is -3.22. The molecule has 1 aliphatic rings. The summed E-state index contributed by atoms with van der Waals surface area (Å²) in [6, 6.07) is 5.85. The van der Waals surface area contributed by atoms with Crippen molar-refractivity contribution < 1.29 is 18.7 Å². The highest BCUT2D eigenvalue weighted by molar-refractivity contribution is 7.99. The number of ether oxygens (including phenoxy) is 1. The molecule has 1 aliphatic carbocycles. The number of amides is 1. The van der Waals surface area contributed by atoms with Crippen LogP contribution in [0.5, 0.6) is 0 Å². The summed E-state index contributed by atoms with van der Waals surface area (Å²) in [6.07, 6.45) is 5.42. The smallest absolute Gasteiger partial charge is 0.341 e. The van der Waals surface area contributed by atoms with E-state index in [9.17, 15) is 14.0 Å². The first-order valence-electron chi connectivity index (χ1n) is 12.9. The van der Waals surface area contributed by atoms with Crippen LogP contribution >= 0.6 is 34.7 Å². The second kappa shape index (κ2) is 12.1. The molecule has 0 saturated heterocycles. The number of carbonyl (C=O) groups excluding carboxylic acids is 2. The Bertz CT molecular complexity index is 1550. The van der Waals surface area contributed by atoms with Crippen LogP contribution in [-0.4, -0.2) is 48.8 Å². The standard InChI is InChI=1S/C27H28ClFN6O3S2/c1-4-15-6-11-18-20(12-15)40-25(22(18)26(37)38-5-2)30-21(36)14-39-27-32-31-24(23-19(28)13-34(3)33-23)35(27)17-9-7-16(29)8-10-17/h7-10,13,15H,4-6,11-12,14H2,1-3H3,(H,30,36)/t15-/m1/s1. The molecule has 9 nitrogen and oxygen atoms in total. The summed E-state index contributed by atoms with van der Waals surface area (Å²) >= 11 is 9.00. The van der Waals surface area contributed by atoms with Crippen molar-refractivity contribution in [1.29, 1.82) is 0 Å². The summed E-state index contributed by atoms with van der Waals surface area (Å²) in [4.78, 5) is 27.2. The Balaban J connectivity index is 1.40. The molecule has 210 valence electrons. The van der Waals surface area contributed by atoms with E-state index >= 15 is 0 Å². The van der Waals surface area contributed by atoms with Crippen LogP contribution in [0.2, 0.25) is 5.02 Å². The highest BCUT2D eigenvalue weighted by Crippen LogP contribution is 2.41. The van der Waals surface area contributed by atoms with Gasteiger partial charge in [0.15, 0.2) is 11.0 Å². The van der Waals surface area contributed by atoms with Gasteiger partial charge in [-0.1, -0.05) is 36.7 Å². The lowest BCUT2D eigenvalue weighted by molar-refractivity contribution is -0.113. The van der Waals surface area contributed by atoms with Crippen LogP contribution in [0.4, 0.5) is 9.39 Å². The fourth-order valence-electron chi connectivity index (χ4n) is 4.75. The normalized spacial score (nSPS) is 14.7. The van der Waals surface area contributed by atoms with Gasteiger partial charge < -0.3 is 10.1 Å². The lowest BCUT2D eigenvalue weighted by atomic mass is 9.85. The third-order valence-corrected chi connectivity index (χ3v) is 9.10. The number of carbonyl (C=O) groups is 2. The molecule has 3 aromatic heterocycles. The molecule has 0 aliphatic heterocycles. The molecule has 1 N–H and O–H groups in total. The number of hydrogen-bond donors (Lipinski definition) is 1. The largest absolute Gasteiger partial charge is 0.462 e. The van der Waals surface area contributed by atoms with Gasteiger partial charge in [0.05, 0.1) is 22.9 Å². The molecule has 0 unspecified atom stereocenters. The van der Waals surface area contributed by atoms with Gasteiger partial charge >= 0.3 is 5.97 Å². The second-order valence-electron chi connectivity index (χ2n) is 9.40.